The molecule has 0 aromatic heterocycles. The van der Waals surface area contributed by atoms with Crippen LogP contribution >= 0.6 is 0 Å². The molecule has 0 atom stereocenters. The summed E-state index contributed by atoms with van der Waals surface area (Å²) in [6, 6.07) is 2.32. The van der Waals surface area contributed by atoms with Crippen molar-refractivity contribution in [2.45, 2.75) is 25.9 Å². The molecule has 0 unspecified atom stereocenters. The van der Waals surface area contributed by atoms with Crippen LogP contribution in [0.4, 0.5) is 20.2 Å². The normalized spacial score (nSPS) is 17.2. The molecular formula is C13H18F2N2O. The minimum atomic E-state index is -0.595. The molecule has 1 aromatic carbocycles. The third kappa shape index (κ3) is 2.72. The maximum Gasteiger partial charge on any atom is 0.151 e. The Hall–Kier alpha value is -1.36. The number of ether oxygens (including phenoxy) is 1. The van der Waals surface area contributed by atoms with Crippen LogP contribution in [0.25, 0.3) is 0 Å². The number of anilines is 2. The molecule has 1 saturated heterocycles. The first-order chi connectivity index (χ1) is 8.61. The zero-order valence-electron chi connectivity index (χ0n) is 10.5. The van der Waals surface area contributed by atoms with Gasteiger partial charge in [0.1, 0.15) is 5.69 Å². The van der Waals surface area contributed by atoms with E-state index in [1.807, 2.05) is 6.92 Å². The second-order valence-electron chi connectivity index (χ2n) is 4.47. The maximum absolute atomic E-state index is 13.7. The van der Waals surface area contributed by atoms with Crippen LogP contribution in [0.1, 0.15) is 19.8 Å². The van der Waals surface area contributed by atoms with E-state index in [0.29, 0.717) is 19.7 Å². The molecule has 0 aliphatic carbocycles. The summed E-state index contributed by atoms with van der Waals surface area (Å²) in [5.41, 5.74) is 5.54. The van der Waals surface area contributed by atoms with Gasteiger partial charge in [0.15, 0.2) is 11.6 Å². The molecule has 0 bridgehead atoms. The lowest BCUT2D eigenvalue weighted by Gasteiger charge is -2.33. The fourth-order valence-electron chi connectivity index (χ4n) is 2.37. The van der Waals surface area contributed by atoms with Crippen molar-refractivity contribution < 1.29 is 13.5 Å². The summed E-state index contributed by atoms with van der Waals surface area (Å²) in [5.74, 6) is -1.19. The van der Waals surface area contributed by atoms with E-state index < -0.39 is 11.6 Å². The van der Waals surface area contributed by atoms with Crippen LogP contribution in [-0.2, 0) is 4.74 Å². The first kappa shape index (κ1) is 13.1. The van der Waals surface area contributed by atoms with Crippen LogP contribution in [0.3, 0.4) is 0 Å². The highest BCUT2D eigenvalue weighted by Gasteiger charge is 2.24. The summed E-state index contributed by atoms with van der Waals surface area (Å²) < 4.78 is 33.0. The molecule has 18 heavy (non-hydrogen) atoms. The van der Waals surface area contributed by atoms with E-state index >= 15 is 0 Å². The molecule has 1 heterocycles. The van der Waals surface area contributed by atoms with Crippen molar-refractivity contribution in [1.82, 2.24) is 0 Å². The van der Waals surface area contributed by atoms with Gasteiger partial charge in [0.2, 0.25) is 0 Å². The first-order valence-corrected chi connectivity index (χ1v) is 6.23. The van der Waals surface area contributed by atoms with Gasteiger partial charge < -0.3 is 15.4 Å². The smallest absolute Gasteiger partial charge is 0.151 e. The van der Waals surface area contributed by atoms with Gasteiger partial charge in [0.25, 0.3) is 0 Å². The van der Waals surface area contributed by atoms with Gasteiger partial charge in [-0.05, 0) is 31.9 Å². The van der Waals surface area contributed by atoms with Crippen molar-refractivity contribution in [3.05, 3.63) is 23.8 Å². The molecule has 2 N–H and O–H groups in total. The van der Waals surface area contributed by atoms with Gasteiger partial charge in [0.05, 0.1) is 6.10 Å². The van der Waals surface area contributed by atoms with Crippen LogP contribution in [0.15, 0.2) is 12.1 Å². The molecule has 1 aliphatic heterocycles. The zero-order valence-corrected chi connectivity index (χ0v) is 10.5. The average molecular weight is 256 g/mol. The van der Waals surface area contributed by atoms with Crippen LogP contribution in [0.5, 0.6) is 0 Å². The van der Waals surface area contributed by atoms with Gasteiger partial charge >= 0.3 is 0 Å². The number of nitrogen functional groups attached to an aromatic ring is 1. The Bertz CT molecular complexity index is 394. The second-order valence-corrected chi connectivity index (χ2v) is 4.47. The Labute approximate surface area is 106 Å². The van der Waals surface area contributed by atoms with E-state index in [4.69, 9.17) is 10.5 Å². The monoisotopic (exact) mass is 256 g/mol. The molecule has 0 saturated carbocycles. The summed E-state index contributed by atoms with van der Waals surface area (Å²) in [7, 11) is 0. The Morgan fingerprint density at radius 1 is 1.28 bits per heavy atom. The molecule has 0 spiro atoms. The third-order valence-electron chi connectivity index (χ3n) is 3.20. The molecule has 100 valence electrons. The van der Waals surface area contributed by atoms with Crippen molar-refractivity contribution in [1.29, 1.82) is 0 Å². The number of halogens is 2. The number of nitrogens with two attached hydrogens (primary N) is 1. The number of benzene rings is 1. The summed E-state index contributed by atoms with van der Waals surface area (Å²) in [6.45, 7) is 3.83. The van der Waals surface area contributed by atoms with Crippen LogP contribution in [0, 0.1) is 11.6 Å². The van der Waals surface area contributed by atoms with Gasteiger partial charge in [-0.3, -0.25) is 0 Å². The highest BCUT2D eigenvalue weighted by Crippen LogP contribution is 2.28. The van der Waals surface area contributed by atoms with Crippen molar-refractivity contribution in [2.75, 3.05) is 30.3 Å². The van der Waals surface area contributed by atoms with Crippen molar-refractivity contribution in [3.8, 4) is 0 Å². The molecule has 1 fully saturated rings. The summed E-state index contributed by atoms with van der Waals surface area (Å²) in [4.78, 5) is 1.72. The Kier molecular flexibility index (Phi) is 4.01. The fraction of sp³-hybridized carbons (Fsp3) is 0.538. The van der Waals surface area contributed by atoms with Gasteiger partial charge in [-0.2, -0.15) is 0 Å². The molecule has 0 radical (unpaired) electrons. The average Bonchev–Trinajstić information content (AvgIpc) is 2.30. The SMILES string of the molecule is CCOC1CCN(c2c(F)cc(N)cc2F)CC1. The lowest BCUT2D eigenvalue weighted by molar-refractivity contribution is 0.0457. The summed E-state index contributed by atoms with van der Waals surface area (Å²) >= 11 is 0. The Morgan fingerprint density at radius 3 is 2.33 bits per heavy atom. The predicted molar refractivity (Wildman–Crippen MR) is 67.6 cm³/mol. The minimum absolute atomic E-state index is 0.0270. The molecule has 0 amide bonds. The predicted octanol–water partition coefficient (Wildman–Crippen LogP) is 2.55. The molecular weight excluding hydrogens is 238 g/mol. The highest BCUT2D eigenvalue weighted by molar-refractivity contribution is 5.56. The van der Waals surface area contributed by atoms with E-state index in [1.54, 1.807) is 4.90 Å². The van der Waals surface area contributed by atoms with E-state index in [9.17, 15) is 8.78 Å². The minimum Gasteiger partial charge on any atom is -0.399 e. The molecule has 1 aliphatic rings. The standard InChI is InChI=1S/C13H18F2N2O/c1-2-18-10-3-5-17(6-4-10)13-11(14)7-9(16)8-12(13)15/h7-8,10H,2-6,16H2,1H3. The fourth-order valence-corrected chi connectivity index (χ4v) is 2.37. The Balaban J connectivity index is 2.10. The van der Waals surface area contributed by atoms with Crippen LogP contribution < -0.4 is 10.6 Å². The largest absolute Gasteiger partial charge is 0.399 e. The highest BCUT2D eigenvalue weighted by atomic mass is 19.1. The number of rotatable bonds is 3. The molecule has 3 nitrogen and oxygen atoms in total. The van der Waals surface area contributed by atoms with Crippen molar-refractivity contribution in [3.63, 3.8) is 0 Å². The first-order valence-electron chi connectivity index (χ1n) is 6.23. The van der Waals surface area contributed by atoms with E-state index in [1.165, 1.54) is 0 Å². The molecule has 1 aromatic rings. The maximum atomic E-state index is 13.7. The van der Waals surface area contributed by atoms with E-state index in [-0.39, 0.29) is 17.5 Å². The number of piperidine rings is 1. The summed E-state index contributed by atoms with van der Waals surface area (Å²) in [5, 5.41) is 0. The van der Waals surface area contributed by atoms with Gasteiger partial charge in [-0.15, -0.1) is 0 Å². The summed E-state index contributed by atoms with van der Waals surface area (Å²) in [6.07, 6.45) is 1.78. The Morgan fingerprint density at radius 2 is 1.83 bits per heavy atom. The van der Waals surface area contributed by atoms with E-state index in [2.05, 4.69) is 0 Å². The van der Waals surface area contributed by atoms with Gasteiger partial charge in [0, 0.05) is 25.4 Å². The number of hydrogen-bond acceptors (Lipinski definition) is 3. The number of hydrogen-bond donors (Lipinski definition) is 1. The topological polar surface area (TPSA) is 38.5 Å². The third-order valence-corrected chi connectivity index (χ3v) is 3.20. The lowest BCUT2D eigenvalue weighted by Crippen LogP contribution is -2.38. The van der Waals surface area contributed by atoms with Crippen LogP contribution in [0.2, 0.25) is 0 Å². The van der Waals surface area contributed by atoms with Gasteiger partial charge in [-0.25, -0.2) is 8.78 Å². The lowest BCUT2D eigenvalue weighted by atomic mass is 10.1. The number of nitrogens with zero attached hydrogens (tertiary/aromatic N) is 1. The van der Waals surface area contributed by atoms with E-state index in [0.717, 1.165) is 25.0 Å². The second kappa shape index (κ2) is 5.52. The quantitative estimate of drug-likeness (QED) is 0.845. The molecule has 5 heteroatoms. The van der Waals surface area contributed by atoms with Crippen LogP contribution in [-0.4, -0.2) is 25.8 Å². The van der Waals surface area contributed by atoms with Crippen molar-refractivity contribution >= 4 is 11.4 Å². The van der Waals surface area contributed by atoms with Gasteiger partial charge in [-0.1, -0.05) is 0 Å². The zero-order chi connectivity index (χ0) is 13.1. The van der Waals surface area contributed by atoms with Crippen molar-refractivity contribution in [2.24, 2.45) is 0 Å². The molecule has 2 rings (SSSR count).